The van der Waals surface area contributed by atoms with Crippen molar-refractivity contribution in [1.29, 1.82) is 0 Å². The van der Waals surface area contributed by atoms with E-state index in [4.69, 9.17) is 4.52 Å². The van der Waals surface area contributed by atoms with Crippen LogP contribution in [-0.4, -0.2) is 21.8 Å². The van der Waals surface area contributed by atoms with E-state index in [0.717, 1.165) is 36.8 Å². The van der Waals surface area contributed by atoms with Gasteiger partial charge in [0.15, 0.2) is 0 Å². The lowest BCUT2D eigenvalue weighted by molar-refractivity contribution is -0.130. The Kier molecular flexibility index (Phi) is 6.11. The van der Waals surface area contributed by atoms with Crippen LogP contribution in [-0.2, 0) is 4.79 Å². The van der Waals surface area contributed by atoms with Crippen molar-refractivity contribution in [3.05, 3.63) is 69.7 Å². The molecule has 0 bridgehead atoms. The minimum absolute atomic E-state index is 0.255. The number of amides is 1. The molecule has 1 fully saturated rings. The van der Waals surface area contributed by atoms with Gasteiger partial charge in [0.05, 0.1) is 11.1 Å². The summed E-state index contributed by atoms with van der Waals surface area (Å²) < 4.78 is 4.75. The standard InChI is InChI=1S/C26H26N2O4/c1-17-7-9-19(10-8-17)13-14-26(31,16-20-5-3-4-6-20)25(30)27-21-11-12-22-23(15-21)18(2)28-32-24(22)29/h7-12,15,20,31H,3-6,16H2,1-2H3,(H,27,30). The van der Waals surface area contributed by atoms with Crippen molar-refractivity contribution in [3.63, 3.8) is 0 Å². The third-order valence-electron chi connectivity index (χ3n) is 6.05. The molecular formula is C26H26N2O4. The number of aryl methyl sites for hydroxylation is 2. The largest absolute Gasteiger partial charge is 0.369 e. The Hall–Kier alpha value is -3.43. The molecule has 0 saturated heterocycles. The Morgan fingerprint density at radius 2 is 1.88 bits per heavy atom. The first-order valence-electron chi connectivity index (χ1n) is 10.9. The number of hydrogen-bond donors (Lipinski definition) is 2. The van der Waals surface area contributed by atoms with E-state index in [9.17, 15) is 14.7 Å². The monoisotopic (exact) mass is 430 g/mol. The van der Waals surface area contributed by atoms with Crippen LogP contribution < -0.4 is 10.9 Å². The van der Waals surface area contributed by atoms with E-state index in [1.54, 1.807) is 25.1 Å². The number of carbonyl (C=O) groups is 1. The molecule has 1 atom stereocenters. The van der Waals surface area contributed by atoms with Gasteiger partial charge in [0.1, 0.15) is 0 Å². The van der Waals surface area contributed by atoms with Gasteiger partial charge in [0.2, 0.25) is 5.60 Å². The summed E-state index contributed by atoms with van der Waals surface area (Å²) in [6.07, 6.45) is 4.47. The third kappa shape index (κ3) is 4.74. The molecule has 6 nitrogen and oxygen atoms in total. The summed E-state index contributed by atoms with van der Waals surface area (Å²) in [4.78, 5) is 25.1. The molecule has 6 heteroatoms. The van der Waals surface area contributed by atoms with E-state index >= 15 is 0 Å². The third-order valence-corrected chi connectivity index (χ3v) is 6.05. The number of aromatic nitrogens is 1. The molecule has 1 aliphatic carbocycles. The fraction of sp³-hybridized carbons (Fsp3) is 0.346. The smallest absolute Gasteiger partial charge is 0.366 e. The van der Waals surface area contributed by atoms with Gasteiger partial charge in [-0.25, -0.2) is 4.79 Å². The molecule has 1 aromatic heterocycles. The first-order valence-corrected chi connectivity index (χ1v) is 10.9. The van der Waals surface area contributed by atoms with E-state index in [1.165, 1.54) is 0 Å². The van der Waals surface area contributed by atoms with Crippen LogP contribution in [0.1, 0.15) is 48.9 Å². The van der Waals surface area contributed by atoms with Gasteiger partial charge in [-0.05, 0) is 56.5 Å². The molecule has 32 heavy (non-hydrogen) atoms. The molecule has 1 saturated carbocycles. The number of rotatable bonds is 4. The summed E-state index contributed by atoms with van der Waals surface area (Å²) in [6.45, 7) is 3.71. The molecular weight excluding hydrogens is 404 g/mol. The van der Waals surface area contributed by atoms with Gasteiger partial charge in [0, 0.05) is 16.6 Å². The van der Waals surface area contributed by atoms with Crippen molar-refractivity contribution in [2.45, 2.75) is 51.6 Å². The first-order chi connectivity index (χ1) is 15.3. The summed E-state index contributed by atoms with van der Waals surface area (Å²) in [7, 11) is 0. The molecule has 0 spiro atoms. The van der Waals surface area contributed by atoms with E-state index in [1.807, 2.05) is 31.2 Å². The number of carbonyl (C=O) groups excluding carboxylic acids is 1. The average molecular weight is 431 g/mol. The Balaban J connectivity index is 1.64. The molecule has 0 aliphatic heterocycles. The van der Waals surface area contributed by atoms with Crippen LogP contribution >= 0.6 is 0 Å². The van der Waals surface area contributed by atoms with Crippen LogP contribution in [0.5, 0.6) is 0 Å². The van der Waals surface area contributed by atoms with Gasteiger partial charge in [-0.3, -0.25) is 4.79 Å². The van der Waals surface area contributed by atoms with Gasteiger partial charge in [-0.15, -0.1) is 0 Å². The lowest BCUT2D eigenvalue weighted by Crippen LogP contribution is -2.43. The number of benzene rings is 2. The Morgan fingerprint density at radius 3 is 2.59 bits per heavy atom. The van der Waals surface area contributed by atoms with Crippen molar-refractivity contribution >= 4 is 22.4 Å². The maximum atomic E-state index is 13.2. The predicted molar refractivity (Wildman–Crippen MR) is 123 cm³/mol. The predicted octanol–water partition coefficient (Wildman–Crippen LogP) is 4.11. The van der Waals surface area contributed by atoms with Crippen LogP contribution in [0.4, 0.5) is 5.69 Å². The van der Waals surface area contributed by atoms with Crippen LogP contribution in [0.2, 0.25) is 0 Å². The molecule has 0 radical (unpaired) electrons. The van der Waals surface area contributed by atoms with Crippen LogP contribution in [0, 0.1) is 31.6 Å². The highest BCUT2D eigenvalue weighted by molar-refractivity contribution is 6.01. The van der Waals surface area contributed by atoms with Gasteiger partial charge < -0.3 is 14.9 Å². The van der Waals surface area contributed by atoms with Crippen molar-refractivity contribution in [2.24, 2.45) is 5.92 Å². The molecule has 3 aromatic rings. The highest BCUT2D eigenvalue weighted by atomic mass is 16.5. The van der Waals surface area contributed by atoms with Gasteiger partial charge >= 0.3 is 5.63 Å². The first kappa shape index (κ1) is 21.8. The van der Waals surface area contributed by atoms with Crippen LogP contribution in [0.3, 0.4) is 0 Å². The number of aliphatic hydroxyl groups is 1. The van der Waals surface area contributed by atoms with Crippen LogP contribution in [0.25, 0.3) is 10.8 Å². The zero-order valence-corrected chi connectivity index (χ0v) is 18.3. The maximum Gasteiger partial charge on any atom is 0.366 e. The molecule has 1 heterocycles. The Bertz CT molecular complexity index is 1260. The van der Waals surface area contributed by atoms with E-state index in [0.29, 0.717) is 22.2 Å². The highest BCUT2D eigenvalue weighted by Gasteiger charge is 2.37. The normalized spacial score (nSPS) is 15.7. The summed E-state index contributed by atoms with van der Waals surface area (Å²) in [6, 6.07) is 12.5. The Labute approximate surface area is 186 Å². The van der Waals surface area contributed by atoms with E-state index in [-0.39, 0.29) is 12.3 Å². The molecule has 1 amide bonds. The SMILES string of the molecule is Cc1ccc(C#CC(O)(CC2CCCC2)C(=O)Nc2ccc3c(=O)onc(C)c3c2)cc1. The quantitative estimate of drug-likeness (QED) is 0.608. The van der Waals surface area contributed by atoms with Crippen molar-refractivity contribution in [1.82, 2.24) is 5.16 Å². The minimum atomic E-state index is -1.82. The topological polar surface area (TPSA) is 92.4 Å². The fourth-order valence-corrected chi connectivity index (χ4v) is 4.19. The summed E-state index contributed by atoms with van der Waals surface area (Å²) in [5, 5.41) is 18.9. The number of hydrogen-bond acceptors (Lipinski definition) is 5. The van der Waals surface area contributed by atoms with Crippen molar-refractivity contribution in [2.75, 3.05) is 5.32 Å². The molecule has 1 aliphatic rings. The molecule has 164 valence electrons. The lowest BCUT2D eigenvalue weighted by atomic mass is 9.88. The summed E-state index contributed by atoms with van der Waals surface area (Å²) >= 11 is 0. The molecule has 1 unspecified atom stereocenters. The zero-order valence-electron chi connectivity index (χ0n) is 18.3. The molecule has 2 aromatic carbocycles. The second-order valence-corrected chi connectivity index (χ2v) is 8.60. The van der Waals surface area contributed by atoms with E-state index < -0.39 is 17.1 Å². The zero-order chi connectivity index (χ0) is 22.7. The van der Waals surface area contributed by atoms with Gasteiger partial charge in [-0.2, -0.15) is 0 Å². The second kappa shape index (κ2) is 8.97. The summed E-state index contributed by atoms with van der Waals surface area (Å²) in [5.74, 6) is 5.51. The molecule has 2 N–H and O–H groups in total. The van der Waals surface area contributed by atoms with Crippen LogP contribution in [0.15, 0.2) is 51.8 Å². The van der Waals surface area contributed by atoms with Gasteiger partial charge in [-0.1, -0.05) is 60.4 Å². The number of nitrogens with one attached hydrogen (secondary N) is 1. The van der Waals surface area contributed by atoms with Crippen molar-refractivity contribution in [3.8, 4) is 11.8 Å². The van der Waals surface area contributed by atoms with E-state index in [2.05, 4.69) is 22.3 Å². The average Bonchev–Trinajstić information content (AvgIpc) is 3.29. The maximum absolute atomic E-state index is 13.2. The minimum Gasteiger partial charge on any atom is -0.369 e. The van der Waals surface area contributed by atoms with Gasteiger partial charge in [0.25, 0.3) is 5.91 Å². The Morgan fingerprint density at radius 1 is 1.16 bits per heavy atom. The highest BCUT2D eigenvalue weighted by Crippen LogP contribution is 2.32. The number of fused-ring (bicyclic) bond motifs is 1. The summed E-state index contributed by atoms with van der Waals surface area (Å²) in [5.41, 5.74) is 0.496. The van der Waals surface area contributed by atoms with Crippen molar-refractivity contribution < 1.29 is 14.4 Å². The lowest BCUT2D eigenvalue weighted by Gasteiger charge is -2.24. The number of nitrogens with zero attached hydrogens (tertiary/aromatic N) is 1. The molecule has 4 rings (SSSR count). The fourth-order valence-electron chi connectivity index (χ4n) is 4.19. The number of anilines is 1. The second-order valence-electron chi connectivity index (χ2n) is 8.60.